The number of piperidine rings is 1. The normalized spacial score (nSPS) is 17.1. The monoisotopic (exact) mass is 276 g/mol. The third-order valence-corrected chi connectivity index (χ3v) is 4.15. The van der Waals surface area contributed by atoms with E-state index in [9.17, 15) is 13.2 Å². The molecule has 7 heteroatoms. The van der Waals surface area contributed by atoms with Gasteiger partial charge in [0.15, 0.2) is 0 Å². The van der Waals surface area contributed by atoms with Crippen LogP contribution >= 0.6 is 10.7 Å². The standard InChI is InChI=1S/C10H13ClN2O3S/c11-17(15,16)8-6-9(12-7-8)10(14)13-4-2-1-3-5-13/h6-7,12H,1-5H2. The largest absolute Gasteiger partial charge is 0.356 e. The number of carbonyl (C=O) groups excluding carboxylic acids is 1. The van der Waals surface area contributed by atoms with Gasteiger partial charge < -0.3 is 9.88 Å². The third-order valence-electron chi connectivity index (χ3n) is 2.81. The Labute approximate surface area is 104 Å². The zero-order chi connectivity index (χ0) is 12.5. The van der Waals surface area contributed by atoms with Gasteiger partial charge in [-0.1, -0.05) is 0 Å². The van der Waals surface area contributed by atoms with Crippen LogP contribution in [-0.4, -0.2) is 37.3 Å². The van der Waals surface area contributed by atoms with Crippen LogP contribution in [0.1, 0.15) is 29.8 Å². The van der Waals surface area contributed by atoms with Crippen molar-refractivity contribution in [1.29, 1.82) is 0 Å². The first-order chi connectivity index (χ1) is 7.98. The molecule has 0 bridgehead atoms. The predicted octanol–water partition coefficient (Wildman–Crippen LogP) is 1.57. The molecule has 2 heterocycles. The Hall–Kier alpha value is -1.01. The Morgan fingerprint density at radius 1 is 1.29 bits per heavy atom. The number of aromatic amines is 1. The lowest BCUT2D eigenvalue weighted by atomic mass is 10.1. The summed E-state index contributed by atoms with van der Waals surface area (Å²) in [7, 11) is 1.41. The molecule has 1 aliphatic rings. The summed E-state index contributed by atoms with van der Waals surface area (Å²) in [5, 5.41) is 0. The topological polar surface area (TPSA) is 70.2 Å². The number of hydrogen-bond donors (Lipinski definition) is 1. The second-order valence-corrected chi connectivity index (χ2v) is 6.61. The minimum atomic E-state index is -3.78. The Kier molecular flexibility index (Phi) is 3.44. The highest BCUT2D eigenvalue weighted by molar-refractivity contribution is 8.13. The summed E-state index contributed by atoms with van der Waals surface area (Å²) >= 11 is 0. The van der Waals surface area contributed by atoms with Crippen molar-refractivity contribution in [3.63, 3.8) is 0 Å². The Morgan fingerprint density at radius 2 is 1.94 bits per heavy atom. The molecule has 1 aromatic rings. The maximum absolute atomic E-state index is 12.0. The number of nitrogens with zero attached hydrogens (tertiary/aromatic N) is 1. The molecule has 0 aliphatic carbocycles. The molecule has 2 rings (SSSR count). The summed E-state index contributed by atoms with van der Waals surface area (Å²) in [5.74, 6) is -0.170. The van der Waals surface area contributed by atoms with E-state index in [2.05, 4.69) is 4.98 Å². The summed E-state index contributed by atoms with van der Waals surface area (Å²) in [6.45, 7) is 1.45. The molecule has 1 amide bonds. The number of likely N-dealkylation sites (tertiary alicyclic amines) is 1. The highest BCUT2D eigenvalue weighted by Gasteiger charge is 2.21. The lowest BCUT2D eigenvalue weighted by molar-refractivity contribution is 0.0719. The molecule has 0 radical (unpaired) electrons. The molecule has 1 aliphatic heterocycles. The predicted molar refractivity (Wildman–Crippen MR) is 63.6 cm³/mol. The van der Waals surface area contributed by atoms with E-state index in [1.807, 2.05) is 0 Å². The lowest BCUT2D eigenvalue weighted by Crippen LogP contribution is -2.35. The molecular weight excluding hydrogens is 264 g/mol. The van der Waals surface area contributed by atoms with Gasteiger partial charge in [0.2, 0.25) is 0 Å². The van der Waals surface area contributed by atoms with Crippen molar-refractivity contribution >= 4 is 25.6 Å². The van der Waals surface area contributed by atoms with Crippen molar-refractivity contribution in [3.05, 3.63) is 18.0 Å². The number of rotatable bonds is 2. The first-order valence-corrected chi connectivity index (χ1v) is 7.72. The Morgan fingerprint density at radius 3 is 2.47 bits per heavy atom. The van der Waals surface area contributed by atoms with Crippen molar-refractivity contribution in [2.24, 2.45) is 0 Å². The molecule has 0 saturated carbocycles. The summed E-state index contributed by atoms with van der Waals surface area (Å²) in [6, 6.07) is 1.28. The van der Waals surface area contributed by atoms with Crippen LogP contribution in [0.15, 0.2) is 17.2 Å². The molecule has 0 unspecified atom stereocenters. The van der Waals surface area contributed by atoms with Gasteiger partial charge in [0.1, 0.15) is 10.6 Å². The Bertz CT molecular complexity index is 517. The van der Waals surface area contributed by atoms with E-state index >= 15 is 0 Å². The fraction of sp³-hybridized carbons (Fsp3) is 0.500. The van der Waals surface area contributed by atoms with Gasteiger partial charge in [0.05, 0.1) is 0 Å². The van der Waals surface area contributed by atoms with E-state index < -0.39 is 9.05 Å². The SMILES string of the molecule is O=C(c1cc(S(=O)(=O)Cl)c[nH]1)N1CCCCC1. The van der Waals surface area contributed by atoms with Crippen LogP contribution in [0.4, 0.5) is 0 Å². The van der Waals surface area contributed by atoms with Gasteiger partial charge in [-0.2, -0.15) is 0 Å². The van der Waals surface area contributed by atoms with Crippen LogP contribution in [-0.2, 0) is 9.05 Å². The van der Waals surface area contributed by atoms with E-state index in [4.69, 9.17) is 10.7 Å². The molecular formula is C10H13ClN2O3S. The average Bonchev–Trinajstić information content (AvgIpc) is 2.78. The molecule has 1 saturated heterocycles. The van der Waals surface area contributed by atoms with E-state index in [0.717, 1.165) is 32.4 Å². The molecule has 1 N–H and O–H groups in total. The smallest absolute Gasteiger partial charge is 0.270 e. The second-order valence-electron chi connectivity index (χ2n) is 4.04. The molecule has 1 aromatic heterocycles. The Balaban J connectivity index is 2.17. The molecule has 1 fully saturated rings. The maximum Gasteiger partial charge on any atom is 0.270 e. The molecule has 94 valence electrons. The molecule has 5 nitrogen and oxygen atoms in total. The van der Waals surface area contributed by atoms with Crippen molar-refractivity contribution in [2.75, 3.05) is 13.1 Å². The molecule has 0 aromatic carbocycles. The number of H-pyrrole nitrogens is 1. The van der Waals surface area contributed by atoms with Gasteiger partial charge in [-0.05, 0) is 25.3 Å². The molecule has 0 spiro atoms. The minimum absolute atomic E-state index is 0.0699. The van der Waals surface area contributed by atoms with Gasteiger partial charge in [0, 0.05) is 30.0 Å². The number of amides is 1. The van der Waals surface area contributed by atoms with Gasteiger partial charge in [-0.3, -0.25) is 4.79 Å². The van der Waals surface area contributed by atoms with Crippen LogP contribution in [0.2, 0.25) is 0 Å². The van der Waals surface area contributed by atoms with Gasteiger partial charge in [-0.25, -0.2) is 8.42 Å². The fourth-order valence-electron chi connectivity index (χ4n) is 1.91. The van der Waals surface area contributed by atoms with Crippen LogP contribution in [0.3, 0.4) is 0 Å². The molecule has 0 atom stereocenters. The quantitative estimate of drug-likeness (QED) is 0.834. The average molecular weight is 277 g/mol. The van der Waals surface area contributed by atoms with E-state index in [-0.39, 0.29) is 16.5 Å². The molecule has 17 heavy (non-hydrogen) atoms. The van der Waals surface area contributed by atoms with Crippen LogP contribution in [0.5, 0.6) is 0 Å². The number of hydrogen-bond acceptors (Lipinski definition) is 3. The van der Waals surface area contributed by atoms with Crippen molar-refractivity contribution < 1.29 is 13.2 Å². The summed E-state index contributed by atoms with van der Waals surface area (Å²) in [6.07, 6.45) is 4.36. The number of carbonyl (C=O) groups is 1. The van der Waals surface area contributed by atoms with Crippen LogP contribution in [0, 0.1) is 0 Å². The number of aromatic nitrogens is 1. The van der Waals surface area contributed by atoms with Crippen LogP contribution in [0.25, 0.3) is 0 Å². The first kappa shape index (κ1) is 12.4. The zero-order valence-corrected chi connectivity index (χ0v) is 10.7. The van der Waals surface area contributed by atoms with Crippen molar-refractivity contribution in [3.8, 4) is 0 Å². The highest BCUT2D eigenvalue weighted by atomic mass is 35.7. The van der Waals surface area contributed by atoms with Gasteiger partial charge >= 0.3 is 0 Å². The van der Waals surface area contributed by atoms with E-state index in [1.165, 1.54) is 12.3 Å². The highest BCUT2D eigenvalue weighted by Crippen LogP contribution is 2.18. The summed E-state index contributed by atoms with van der Waals surface area (Å²) in [5.41, 5.74) is 0.270. The van der Waals surface area contributed by atoms with E-state index in [0.29, 0.717) is 0 Å². The van der Waals surface area contributed by atoms with E-state index in [1.54, 1.807) is 4.90 Å². The minimum Gasteiger partial charge on any atom is -0.356 e. The first-order valence-electron chi connectivity index (χ1n) is 5.41. The zero-order valence-electron chi connectivity index (χ0n) is 9.15. The van der Waals surface area contributed by atoms with Crippen molar-refractivity contribution in [1.82, 2.24) is 9.88 Å². The fourth-order valence-corrected chi connectivity index (χ4v) is 2.63. The number of nitrogens with one attached hydrogen (secondary N) is 1. The van der Waals surface area contributed by atoms with Gasteiger partial charge in [-0.15, -0.1) is 0 Å². The number of halogens is 1. The van der Waals surface area contributed by atoms with Gasteiger partial charge in [0.25, 0.3) is 15.0 Å². The van der Waals surface area contributed by atoms with Crippen LogP contribution < -0.4 is 0 Å². The third kappa shape index (κ3) is 2.81. The van der Waals surface area contributed by atoms with Crippen molar-refractivity contribution in [2.45, 2.75) is 24.2 Å². The summed E-state index contributed by atoms with van der Waals surface area (Å²) < 4.78 is 22.1. The summed E-state index contributed by atoms with van der Waals surface area (Å²) in [4.78, 5) is 16.3. The maximum atomic E-state index is 12.0. The second kappa shape index (κ2) is 4.70. The lowest BCUT2D eigenvalue weighted by Gasteiger charge is -2.26.